The Balaban J connectivity index is 2.63. The van der Waals surface area contributed by atoms with Crippen LogP contribution in [0.1, 0.15) is 15.2 Å². The molecule has 0 aliphatic rings. The largest absolute Gasteiger partial charge is 0.465 e. The molecule has 2 N–H and O–H groups in total. The van der Waals surface area contributed by atoms with Gasteiger partial charge in [-0.3, -0.25) is 0 Å². The summed E-state index contributed by atoms with van der Waals surface area (Å²) in [5, 5.41) is 0.497. The Hall–Kier alpha value is -1.37. The molecular formula is C15H17BrN2O2S. The molecule has 2 rings (SSSR count). The number of carbonyl (C=O) groups excluding carboxylic acids is 1. The number of ether oxygens (including phenoxy) is 1. The number of rotatable bonds is 4. The second-order valence-corrected chi connectivity index (χ2v) is 6.93. The standard InChI is InChI=1S/C15H17BrN2O2S/c1-18(2)8-11-12(9-4-6-10(16)7-5-9)13(14(17)21-11)15(19)20-3/h4-7H,8,17H2,1-3H3. The van der Waals surface area contributed by atoms with E-state index in [1.807, 2.05) is 38.4 Å². The molecule has 0 spiro atoms. The van der Waals surface area contributed by atoms with Crippen molar-refractivity contribution in [3.8, 4) is 11.1 Å². The van der Waals surface area contributed by atoms with Gasteiger partial charge in [-0.1, -0.05) is 28.1 Å². The van der Waals surface area contributed by atoms with E-state index in [1.54, 1.807) is 0 Å². The highest BCUT2D eigenvalue weighted by atomic mass is 79.9. The highest BCUT2D eigenvalue weighted by Gasteiger charge is 2.24. The molecular weight excluding hydrogens is 352 g/mol. The summed E-state index contributed by atoms with van der Waals surface area (Å²) in [6, 6.07) is 7.84. The van der Waals surface area contributed by atoms with Crippen LogP contribution in [0.4, 0.5) is 5.00 Å². The van der Waals surface area contributed by atoms with Gasteiger partial charge in [-0.05, 0) is 31.8 Å². The molecule has 1 heterocycles. The fourth-order valence-electron chi connectivity index (χ4n) is 2.12. The summed E-state index contributed by atoms with van der Waals surface area (Å²) in [6.45, 7) is 0.720. The van der Waals surface area contributed by atoms with Gasteiger partial charge in [0.15, 0.2) is 0 Å². The molecule has 112 valence electrons. The smallest absolute Gasteiger partial charge is 0.341 e. The van der Waals surface area contributed by atoms with Crippen LogP contribution in [0.3, 0.4) is 0 Å². The van der Waals surface area contributed by atoms with Gasteiger partial charge in [0.05, 0.1) is 7.11 Å². The first kappa shape index (κ1) is 16.0. The summed E-state index contributed by atoms with van der Waals surface area (Å²) >= 11 is 4.86. The van der Waals surface area contributed by atoms with Crippen molar-refractivity contribution >= 4 is 38.2 Å². The van der Waals surface area contributed by atoms with Crippen molar-refractivity contribution < 1.29 is 9.53 Å². The average molecular weight is 369 g/mol. The molecule has 0 bridgehead atoms. The maximum Gasteiger partial charge on any atom is 0.341 e. The third-order valence-electron chi connectivity index (χ3n) is 2.99. The second-order valence-electron chi connectivity index (χ2n) is 4.88. The van der Waals surface area contributed by atoms with Gasteiger partial charge in [0.1, 0.15) is 10.6 Å². The molecule has 0 saturated carbocycles. The molecule has 4 nitrogen and oxygen atoms in total. The lowest BCUT2D eigenvalue weighted by atomic mass is 10.0. The van der Waals surface area contributed by atoms with E-state index in [2.05, 4.69) is 20.8 Å². The first-order valence-electron chi connectivity index (χ1n) is 6.34. The summed E-state index contributed by atoms with van der Waals surface area (Å²) < 4.78 is 5.88. The molecule has 0 fully saturated rings. The highest BCUT2D eigenvalue weighted by Crippen LogP contribution is 2.40. The number of esters is 1. The molecule has 0 radical (unpaired) electrons. The lowest BCUT2D eigenvalue weighted by Gasteiger charge is -2.11. The second kappa shape index (κ2) is 6.60. The molecule has 1 aromatic carbocycles. The summed E-state index contributed by atoms with van der Waals surface area (Å²) in [7, 11) is 5.34. The number of benzene rings is 1. The van der Waals surface area contributed by atoms with Gasteiger partial charge >= 0.3 is 5.97 Å². The van der Waals surface area contributed by atoms with Crippen molar-refractivity contribution in [3.05, 3.63) is 39.2 Å². The fraction of sp³-hybridized carbons (Fsp3) is 0.267. The number of nitrogens with two attached hydrogens (primary N) is 1. The number of hydrogen-bond acceptors (Lipinski definition) is 5. The normalized spacial score (nSPS) is 10.9. The van der Waals surface area contributed by atoms with Crippen LogP contribution < -0.4 is 5.73 Å². The van der Waals surface area contributed by atoms with Crippen molar-refractivity contribution in [1.29, 1.82) is 0 Å². The van der Waals surface area contributed by atoms with Crippen molar-refractivity contribution in [2.45, 2.75) is 6.54 Å². The third kappa shape index (κ3) is 3.45. The zero-order valence-corrected chi connectivity index (χ0v) is 14.5. The highest BCUT2D eigenvalue weighted by molar-refractivity contribution is 9.10. The lowest BCUT2D eigenvalue weighted by Crippen LogP contribution is -2.11. The molecule has 0 saturated heterocycles. The lowest BCUT2D eigenvalue weighted by molar-refractivity contribution is 0.0603. The van der Waals surface area contributed by atoms with Crippen LogP contribution in [0.2, 0.25) is 0 Å². The SMILES string of the molecule is COC(=O)c1c(N)sc(CN(C)C)c1-c1ccc(Br)cc1. The van der Waals surface area contributed by atoms with Crippen molar-refractivity contribution in [1.82, 2.24) is 4.90 Å². The Bertz CT molecular complexity index is 650. The van der Waals surface area contributed by atoms with E-state index >= 15 is 0 Å². The maximum atomic E-state index is 12.1. The third-order valence-corrected chi connectivity index (χ3v) is 4.52. The van der Waals surface area contributed by atoms with E-state index in [-0.39, 0.29) is 0 Å². The Morgan fingerprint density at radius 1 is 1.33 bits per heavy atom. The molecule has 2 aromatic rings. The van der Waals surface area contributed by atoms with Crippen molar-refractivity contribution in [3.63, 3.8) is 0 Å². The van der Waals surface area contributed by atoms with Crippen molar-refractivity contribution in [2.75, 3.05) is 26.9 Å². The number of thiophene rings is 1. The minimum Gasteiger partial charge on any atom is -0.465 e. The monoisotopic (exact) mass is 368 g/mol. The zero-order chi connectivity index (χ0) is 15.6. The van der Waals surface area contributed by atoms with E-state index in [0.717, 1.165) is 27.0 Å². The van der Waals surface area contributed by atoms with Gasteiger partial charge in [0.25, 0.3) is 0 Å². The predicted molar refractivity (Wildman–Crippen MR) is 90.6 cm³/mol. The van der Waals surface area contributed by atoms with Gasteiger partial charge in [0.2, 0.25) is 0 Å². The molecule has 6 heteroatoms. The van der Waals surface area contributed by atoms with E-state index in [0.29, 0.717) is 10.6 Å². The molecule has 0 aliphatic carbocycles. The number of nitrogen functional groups attached to an aromatic ring is 1. The number of halogens is 1. The topological polar surface area (TPSA) is 55.6 Å². The number of hydrogen-bond donors (Lipinski definition) is 1. The molecule has 0 amide bonds. The van der Waals surface area contributed by atoms with Crippen LogP contribution in [0.15, 0.2) is 28.7 Å². The Labute approximate surface area is 136 Å². The molecule has 1 aromatic heterocycles. The summed E-state index contributed by atoms with van der Waals surface area (Å²) in [4.78, 5) is 15.2. The maximum absolute atomic E-state index is 12.1. The minimum atomic E-state index is -0.397. The first-order valence-corrected chi connectivity index (χ1v) is 7.95. The average Bonchev–Trinajstić information content (AvgIpc) is 2.74. The predicted octanol–water partition coefficient (Wildman–Crippen LogP) is 3.61. The van der Waals surface area contributed by atoms with Crippen LogP contribution >= 0.6 is 27.3 Å². The van der Waals surface area contributed by atoms with Crippen LogP contribution in [0.5, 0.6) is 0 Å². The Kier molecular flexibility index (Phi) is 5.03. The quantitative estimate of drug-likeness (QED) is 0.837. The number of carbonyl (C=O) groups is 1. The zero-order valence-electron chi connectivity index (χ0n) is 12.1. The molecule has 21 heavy (non-hydrogen) atoms. The van der Waals surface area contributed by atoms with Crippen molar-refractivity contribution in [2.24, 2.45) is 0 Å². The van der Waals surface area contributed by atoms with E-state index in [4.69, 9.17) is 10.5 Å². The number of nitrogens with zero attached hydrogens (tertiary/aromatic N) is 1. The molecule has 0 atom stereocenters. The molecule has 0 aliphatic heterocycles. The summed E-state index contributed by atoms with van der Waals surface area (Å²) in [5.74, 6) is -0.397. The number of methoxy groups -OCH3 is 1. The minimum absolute atomic E-state index is 0.397. The van der Waals surface area contributed by atoms with Gasteiger partial charge in [-0.15, -0.1) is 11.3 Å². The summed E-state index contributed by atoms with van der Waals surface area (Å²) in [6.07, 6.45) is 0. The van der Waals surface area contributed by atoms with Crippen LogP contribution in [0, 0.1) is 0 Å². The van der Waals surface area contributed by atoms with Gasteiger partial charge in [-0.25, -0.2) is 4.79 Å². The van der Waals surface area contributed by atoms with E-state index in [9.17, 15) is 4.79 Å². The first-order chi connectivity index (χ1) is 9.93. The van der Waals surface area contributed by atoms with Gasteiger partial charge in [0, 0.05) is 21.5 Å². The van der Waals surface area contributed by atoms with E-state index < -0.39 is 5.97 Å². The Morgan fingerprint density at radius 2 is 1.95 bits per heavy atom. The fourth-order valence-corrected chi connectivity index (χ4v) is 3.58. The number of anilines is 1. The van der Waals surface area contributed by atoms with Crippen LogP contribution in [-0.4, -0.2) is 32.1 Å². The molecule has 0 unspecified atom stereocenters. The van der Waals surface area contributed by atoms with Gasteiger partial charge < -0.3 is 15.4 Å². The van der Waals surface area contributed by atoms with Crippen LogP contribution in [0.25, 0.3) is 11.1 Å². The van der Waals surface area contributed by atoms with E-state index in [1.165, 1.54) is 18.4 Å². The van der Waals surface area contributed by atoms with Crippen LogP contribution in [-0.2, 0) is 11.3 Å². The Morgan fingerprint density at radius 3 is 2.48 bits per heavy atom. The summed E-state index contributed by atoms with van der Waals surface area (Å²) in [5.41, 5.74) is 8.34. The van der Waals surface area contributed by atoms with Gasteiger partial charge in [-0.2, -0.15) is 0 Å².